The molecule has 2 nitrogen and oxygen atoms in total. The van der Waals surface area contributed by atoms with Crippen molar-refractivity contribution >= 4 is 5.78 Å². The Hall–Kier alpha value is -0.370. The van der Waals surface area contributed by atoms with Crippen molar-refractivity contribution in [2.75, 3.05) is 7.05 Å². The van der Waals surface area contributed by atoms with Gasteiger partial charge in [-0.2, -0.15) is 0 Å². The third kappa shape index (κ3) is 8.37. The van der Waals surface area contributed by atoms with Crippen molar-refractivity contribution in [2.45, 2.75) is 84.1 Å². The number of ketones is 1. The summed E-state index contributed by atoms with van der Waals surface area (Å²) < 4.78 is 0. The van der Waals surface area contributed by atoms with E-state index in [1.165, 1.54) is 44.9 Å². The lowest BCUT2D eigenvalue weighted by atomic mass is 9.94. The predicted molar refractivity (Wildman–Crippen MR) is 75.4 cm³/mol. The molecule has 0 heterocycles. The Bertz CT molecular complexity index is 199. The SMILES string of the molecule is CCCCCCCCCCC(=O)C(C)(C)NC. The zero-order chi connectivity index (χ0) is 13.1. The molecule has 2 heteroatoms. The maximum absolute atomic E-state index is 11.8. The number of carbonyl (C=O) groups is 1. The summed E-state index contributed by atoms with van der Waals surface area (Å²) >= 11 is 0. The highest BCUT2D eigenvalue weighted by atomic mass is 16.1. The Morgan fingerprint density at radius 3 is 1.88 bits per heavy atom. The number of Topliss-reactive ketones (excluding diaryl/α,β-unsaturated/α-hetero) is 1. The zero-order valence-electron chi connectivity index (χ0n) is 12.3. The number of likely N-dealkylation sites (N-methyl/N-ethyl adjacent to an activating group) is 1. The highest BCUT2D eigenvalue weighted by molar-refractivity contribution is 5.87. The standard InChI is InChI=1S/C15H31NO/c1-5-6-7-8-9-10-11-12-13-14(17)15(2,3)16-4/h16H,5-13H2,1-4H3. The van der Waals surface area contributed by atoms with E-state index in [1.54, 1.807) is 0 Å². The molecule has 0 radical (unpaired) electrons. The first-order chi connectivity index (χ1) is 8.04. The van der Waals surface area contributed by atoms with Gasteiger partial charge in [0.15, 0.2) is 5.78 Å². The Morgan fingerprint density at radius 2 is 1.41 bits per heavy atom. The van der Waals surface area contributed by atoms with Gasteiger partial charge in [0, 0.05) is 6.42 Å². The van der Waals surface area contributed by atoms with Gasteiger partial charge < -0.3 is 5.32 Å². The molecule has 0 amide bonds. The first kappa shape index (κ1) is 16.6. The van der Waals surface area contributed by atoms with Crippen LogP contribution in [-0.4, -0.2) is 18.4 Å². The van der Waals surface area contributed by atoms with Crippen molar-refractivity contribution in [3.05, 3.63) is 0 Å². The van der Waals surface area contributed by atoms with Gasteiger partial charge in [-0.1, -0.05) is 51.9 Å². The zero-order valence-corrected chi connectivity index (χ0v) is 12.3. The van der Waals surface area contributed by atoms with Gasteiger partial charge in [-0.25, -0.2) is 0 Å². The van der Waals surface area contributed by atoms with E-state index in [9.17, 15) is 4.79 Å². The van der Waals surface area contributed by atoms with Crippen molar-refractivity contribution in [3.8, 4) is 0 Å². The van der Waals surface area contributed by atoms with Crippen LogP contribution in [0, 0.1) is 0 Å². The van der Waals surface area contributed by atoms with E-state index >= 15 is 0 Å². The second kappa shape index (κ2) is 9.64. The van der Waals surface area contributed by atoms with Gasteiger partial charge in [0.1, 0.15) is 0 Å². The quantitative estimate of drug-likeness (QED) is 0.552. The molecule has 0 aromatic rings. The normalized spacial score (nSPS) is 11.8. The van der Waals surface area contributed by atoms with Gasteiger partial charge in [-0.05, 0) is 27.3 Å². The van der Waals surface area contributed by atoms with Crippen LogP contribution in [0.25, 0.3) is 0 Å². The van der Waals surface area contributed by atoms with Crippen LogP contribution in [0.1, 0.15) is 78.6 Å². The summed E-state index contributed by atoms with van der Waals surface area (Å²) in [5.41, 5.74) is -0.346. The lowest BCUT2D eigenvalue weighted by Gasteiger charge is -2.22. The molecule has 0 spiro atoms. The first-order valence-corrected chi connectivity index (χ1v) is 7.26. The molecular weight excluding hydrogens is 210 g/mol. The Kier molecular flexibility index (Phi) is 9.43. The van der Waals surface area contributed by atoms with Crippen LogP contribution in [0.2, 0.25) is 0 Å². The van der Waals surface area contributed by atoms with Crippen LogP contribution in [0.15, 0.2) is 0 Å². The van der Waals surface area contributed by atoms with Crippen LogP contribution < -0.4 is 5.32 Å². The topological polar surface area (TPSA) is 29.1 Å². The second-order valence-corrected chi connectivity index (χ2v) is 5.52. The van der Waals surface area contributed by atoms with Crippen molar-refractivity contribution in [1.29, 1.82) is 0 Å². The molecule has 0 rings (SSSR count). The van der Waals surface area contributed by atoms with Crippen molar-refractivity contribution < 1.29 is 4.79 Å². The van der Waals surface area contributed by atoms with Crippen molar-refractivity contribution in [1.82, 2.24) is 5.32 Å². The average Bonchev–Trinajstić information content (AvgIpc) is 2.32. The molecule has 0 aliphatic rings. The van der Waals surface area contributed by atoms with Gasteiger partial charge in [-0.15, -0.1) is 0 Å². The summed E-state index contributed by atoms with van der Waals surface area (Å²) in [6.45, 7) is 6.16. The van der Waals surface area contributed by atoms with Gasteiger partial charge in [0.05, 0.1) is 5.54 Å². The highest BCUT2D eigenvalue weighted by Gasteiger charge is 2.23. The molecule has 0 aliphatic heterocycles. The van der Waals surface area contributed by atoms with E-state index in [1.807, 2.05) is 20.9 Å². The number of carbonyl (C=O) groups excluding carboxylic acids is 1. The van der Waals surface area contributed by atoms with Gasteiger partial charge in [0.25, 0.3) is 0 Å². The number of hydrogen-bond acceptors (Lipinski definition) is 2. The van der Waals surface area contributed by atoms with E-state index in [0.717, 1.165) is 12.8 Å². The minimum atomic E-state index is -0.346. The summed E-state index contributed by atoms with van der Waals surface area (Å²) in [5.74, 6) is 0.339. The molecule has 17 heavy (non-hydrogen) atoms. The van der Waals surface area contributed by atoms with E-state index in [0.29, 0.717) is 5.78 Å². The van der Waals surface area contributed by atoms with Crippen LogP contribution in [0.3, 0.4) is 0 Å². The van der Waals surface area contributed by atoms with Crippen LogP contribution in [0.5, 0.6) is 0 Å². The monoisotopic (exact) mass is 241 g/mol. The minimum Gasteiger partial charge on any atom is -0.308 e. The van der Waals surface area contributed by atoms with Crippen molar-refractivity contribution in [2.24, 2.45) is 0 Å². The third-order valence-corrected chi connectivity index (χ3v) is 3.58. The maximum atomic E-state index is 11.8. The summed E-state index contributed by atoms with van der Waals surface area (Å²) in [7, 11) is 1.85. The molecule has 102 valence electrons. The fourth-order valence-corrected chi connectivity index (χ4v) is 1.87. The molecular formula is C15H31NO. The number of nitrogens with one attached hydrogen (secondary N) is 1. The first-order valence-electron chi connectivity index (χ1n) is 7.26. The molecule has 0 fully saturated rings. The van der Waals surface area contributed by atoms with Gasteiger partial charge >= 0.3 is 0 Å². The van der Waals surface area contributed by atoms with E-state index in [2.05, 4.69) is 12.2 Å². The minimum absolute atomic E-state index is 0.339. The summed E-state index contributed by atoms with van der Waals surface area (Å²) in [4.78, 5) is 11.8. The van der Waals surface area contributed by atoms with E-state index in [-0.39, 0.29) is 5.54 Å². The highest BCUT2D eigenvalue weighted by Crippen LogP contribution is 2.13. The molecule has 0 aromatic heterocycles. The van der Waals surface area contributed by atoms with E-state index in [4.69, 9.17) is 0 Å². The molecule has 0 aromatic carbocycles. The van der Waals surface area contributed by atoms with Crippen molar-refractivity contribution in [3.63, 3.8) is 0 Å². The molecule has 0 unspecified atom stereocenters. The lowest BCUT2D eigenvalue weighted by molar-refractivity contribution is -0.124. The van der Waals surface area contributed by atoms with Crippen LogP contribution >= 0.6 is 0 Å². The fourth-order valence-electron chi connectivity index (χ4n) is 1.87. The summed E-state index contributed by atoms with van der Waals surface area (Å²) in [6, 6.07) is 0. The smallest absolute Gasteiger partial charge is 0.152 e. The molecule has 0 bridgehead atoms. The Morgan fingerprint density at radius 1 is 0.941 bits per heavy atom. The van der Waals surface area contributed by atoms with E-state index < -0.39 is 0 Å². The molecule has 0 atom stereocenters. The number of unbranched alkanes of at least 4 members (excludes halogenated alkanes) is 7. The maximum Gasteiger partial charge on any atom is 0.152 e. The van der Waals surface area contributed by atoms with Gasteiger partial charge in [0.2, 0.25) is 0 Å². The Balaban J connectivity index is 3.37. The summed E-state index contributed by atoms with van der Waals surface area (Å²) in [6.07, 6.45) is 11.0. The average molecular weight is 241 g/mol. The molecule has 0 saturated carbocycles. The predicted octanol–water partition coefficient (Wildman–Crippen LogP) is 4.08. The molecule has 0 saturated heterocycles. The Labute approximate surface area is 108 Å². The molecule has 0 aliphatic carbocycles. The lowest BCUT2D eigenvalue weighted by Crippen LogP contribution is -2.44. The fraction of sp³-hybridized carbons (Fsp3) is 0.933. The summed E-state index contributed by atoms with van der Waals surface area (Å²) in [5, 5.41) is 3.07. The molecule has 1 N–H and O–H groups in total. The largest absolute Gasteiger partial charge is 0.308 e. The third-order valence-electron chi connectivity index (χ3n) is 3.58. The second-order valence-electron chi connectivity index (χ2n) is 5.52. The van der Waals surface area contributed by atoms with Crippen LogP contribution in [-0.2, 0) is 4.79 Å². The number of hydrogen-bond donors (Lipinski definition) is 1. The van der Waals surface area contributed by atoms with Crippen LogP contribution in [0.4, 0.5) is 0 Å². The number of rotatable bonds is 11. The van der Waals surface area contributed by atoms with Gasteiger partial charge in [-0.3, -0.25) is 4.79 Å².